The van der Waals surface area contributed by atoms with Crippen molar-refractivity contribution in [3.63, 3.8) is 0 Å². The minimum atomic E-state index is -0.333. The monoisotopic (exact) mass is 212 g/mol. The number of ketones is 1. The van der Waals surface area contributed by atoms with Gasteiger partial charge < -0.3 is 0 Å². The second-order valence-corrected chi connectivity index (χ2v) is 3.70. The highest BCUT2D eigenvalue weighted by atomic mass is 19.1. The Kier molecular flexibility index (Phi) is 2.86. The van der Waals surface area contributed by atoms with Crippen molar-refractivity contribution in [3.8, 4) is 0 Å². The van der Waals surface area contributed by atoms with E-state index in [4.69, 9.17) is 0 Å². The van der Waals surface area contributed by atoms with Crippen molar-refractivity contribution >= 4 is 19.1 Å². The molecule has 1 nitrogen and oxygen atoms in total. The lowest BCUT2D eigenvalue weighted by Gasteiger charge is -2.01. The zero-order valence-corrected chi connectivity index (χ0v) is 8.91. The molecule has 2 aromatic rings. The van der Waals surface area contributed by atoms with Gasteiger partial charge in [-0.2, -0.15) is 0 Å². The molecule has 2 rings (SSSR count). The number of benzene rings is 2. The molecule has 0 spiro atoms. The number of halogens is 1. The fraction of sp³-hybridized carbons (Fsp3) is 0. The van der Waals surface area contributed by atoms with Crippen molar-refractivity contribution in [2.45, 2.75) is 0 Å². The van der Waals surface area contributed by atoms with E-state index < -0.39 is 0 Å². The lowest BCUT2D eigenvalue weighted by atomic mass is 9.93. The number of rotatable bonds is 2. The van der Waals surface area contributed by atoms with Crippen LogP contribution in [0.5, 0.6) is 0 Å². The van der Waals surface area contributed by atoms with Crippen LogP contribution in [-0.4, -0.2) is 13.6 Å². The third-order valence-electron chi connectivity index (χ3n) is 2.42. The summed E-state index contributed by atoms with van der Waals surface area (Å²) in [5.41, 5.74) is 2.23. The van der Waals surface area contributed by atoms with E-state index in [0.717, 1.165) is 5.46 Å². The van der Waals surface area contributed by atoms with Crippen LogP contribution in [0, 0.1) is 5.82 Å². The van der Waals surface area contributed by atoms with Gasteiger partial charge >= 0.3 is 0 Å². The molecular formula is C13H10BFO. The van der Waals surface area contributed by atoms with Crippen molar-refractivity contribution < 1.29 is 9.18 Å². The van der Waals surface area contributed by atoms with Gasteiger partial charge in [-0.25, -0.2) is 4.39 Å². The molecule has 0 aliphatic carbocycles. The predicted octanol–water partition coefficient (Wildman–Crippen LogP) is 1.32. The molecular weight excluding hydrogens is 202 g/mol. The third-order valence-corrected chi connectivity index (χ3v) is 2.42. The lowest BCUT2D eigenvalue weighted by Crippen LogP contribution is -2.05. The molecule has 0 N–H and O–H groups in total. The quantitative estimate of drug-likeness (QED) is 0.541. The maximum Gasteiger partial charge on any atom is 0.193 e. The molecule has 0 atom stereocenters. The summed E-state index contributed by atoms with van der Waals surface area (Å²) in [6.45, 7) is 0. The average molecular weight is 212 g/mol. The molecule has 2 aromatic carbocycles. The second kappa shape index (κ2) is 4.31. The Morgan fingerprint density at radius 3 is 1.81 bits per heavy atom. The topological polar surface area (TPSA) is 17.1 Å². The van der Waals surface area contributed by atoms with Gasteiger partial charge in [-0.1, -0.05) is 29.7 Å². The van der Waals surface area contributed by atoms with Gasteiger partial charge in [0.1, 0.15) is 13.7 Å². The van der Waals surface area contributed by atoms with Crippen LogP contribution in [-0.2, 0) is 0 Å². The molecule has 0 unspecified atom stereocenters. The zero-order chi connectivity index (χ0) is 11.5. The van der Waals surface area contributed by atoms with Gasteiger partial charge in [-0.15, -0.1) is 0 Å². The van der Waals surface area contributed by atoms with E-state index in [1.807, 2.05) is 20.0 Å². The smallest absolute Gasteiger partial charge is 0.193 e. The van der Waals surface area contributed by atoms with E-state index >= 15 is 0 Å². The zero-order valence-electron chi connectivity index (χ0n) is 8.91. The third kappa shape index (κ3) is 2.19. The Balaban J connectivity index is 2.32. The number of hydrogen-bond donors (Lipinski definition) is 0. The lowest BCUT2D eigenvalue weighted by molar-refractivity contribution is 0.103. The fourth-order valence-electron chi connectivity index (χ4n) is 1.47. The van der Waals surface area contributed by atoms with Crippen LogP contribution in [0.4, 0.5) is 4.39 Å². The average Bonchev–Trinajstić information content (AvgIpc) is 2.30. The van der Waals surface area contributed by atoms with Gasteiger partial charge in [0.05, 0.1) is 0 Å². The molecule has 0 saturated heterocycles. The fourth-order valence-corrected chi connectivity index (χ4v) is 1.47. The number of carbonyl (C=O) groups is 1. The summed E-state index contributed by atoms with van der Waals surface area (Å²) in [4.78, 5) is 11.9. The Bertz CT molecular complexity index is 455. The van der Waals surface area contributed by atoms with Crippen LogP contribution in [0.25, 0.3) is 0 Å². The highest BCUT2D eigenvalue weighted by molar-refractivity contribution is 6.32. The van der Waals surface area contributed by atoms with E-state index in [0.29, 0.717) is 11.1 Å². The molecule has 3 heteroatoms. The Morgan fingerprint density at radius 1 is 0.875 bits per heavy atom. The summed E-state index contributed by atoms with van der Waals surface area (Å²) in [7, 11) is 1.96. The summed E-state index contributed by atoms with van der Waals surface area (Å²) in [5.74, 6) is -0.416. The number of hydrogen-bond acceptors (Lipinski definition) is 1. The molecule has 0 amide bonds. The van der Waals surface area contributed by atoms with Crippen LogP contribution in [0.3, 0.4) is 0 Å². The van der Waals surface area contributed by atoms with Gasteiger partial charge in [-0.05, 0) is 24.3 Å². The minimum Gasteiger partial charge on any atom is -0.289 e. The molecule has 0 bridgehead atoms. The van der Waals surface area contributed by atoms with Crippen molar-refractivity contribution in [1.82, 2.24) is 0 Å². The summed E-state index contributed by atoms with van der Waals surface area (Å²) in [5, 5.41) is 0. The van der Waals surface area contributed by atoms with Crippen LogP contribution in [0.1, 0.15) is 15.9 Å². The van der Waals surface area contributed by atoms with Gasteiger partial charge in [0.25, 0.3) is 0 Å². The van der Waals surface area contributed by atoms with Crippen molar-refractivity contribution in [2.75, 3.05) is 0 Å². The SMILES string of the molecule is Bc1ccc(C(=O)c2ccc(F)cc2)cc1. The highest BCUT2D eigenvalue weighted by Crippen LogP contribution is 2.09. The molecule has 78 valence electrons. The molecule has 16 heavy (non-hydrogen) atoms. The van der Waals surface area contributed by atoms with E-state index in [9.17, 15) is 9.18 Å². The first-order chi connectivity index (χ1) is 7.66. The summed E-state index contributed by atoms with van der Waals surface area (Å²) in [6, 6.07) is 12.9. The van der Waals surface area contributed by atoms with E-state index in [1.165, 1.54) is 24.3 Å². The summed E-state index contributed by atoms with van der Waals surface area (Å²) >= 11 is 0. The standard InChI is InChI=1S/C13H10BFO/c14-11-5-1-9(2-6-11)13(16)10-3-7-12(15)8-4-10/h1-8H,14H2. The number of carbonyl (C=O) groups excluding carboxylic acids is 1. The van der Waals surface area contributed by atoms with E-state index in [1.54, 1.807) is 12.1 Å². The minimum absolute atomic E-state index is 0.0833. The molecule has 0 aliphatic rings. The first-order valence-corrected chi connectivity index (χ1v) is 5.04. The molecule has 0 aromatic heterocycles. The largest absolute Gasteiger partial charge is 0.289 e. The van der Waals surface area contributed by atoms with Crippen molar-refractivity contribution in [3.05, 3.63) is 65.5 Å². The predicted molar refractivity (Wildman–Crippen MR) is 64.5 cm³/mol. The van der Waals surface area contributed by atoms with Gasteiger partial charge in [0, 0.05) is 11.1 Å². The van der Waals surface area contributed by atoms with Gasteiger partial charge in [0.15, 0.2) is 5.78 Å². The van der Waals surface area contributed by atoms with Crippen LogP contribution < -0.4 is 5.46 Å². The van der Waals surface area contributed by atoms with Gasteiger partial charge in [-0.3, -0.25) is 4.79 Å². The maximum absolute atomic E-state index is 12.7. The normalized spacial score (nSPS) is 10.1. The van der Waals surface area contributed by atoms with Crippen LogP contribution in [0.2, 0.25) is 0 Å². The summed E-state index contributed by atoms with van der Waals surface area (Å²) < 4.78 is 12.7. The molecule has 0 fully saturated rings. The first-order valence-electron chi connectivity index (χ1n) is 5.04. The van der Waals surface area contributed by atoms with Crippen molar-refractivity contribution in [2.24, 2.45) is 0 Å². The summed E-state index contributed by atoms with van der Waals surface area (Å²) in [6.07, 6.45) is 0. The van der Waals surface area contributed by atoms with E-state index in [-0.39, 0.29) is 11.6 Å². The molecule has 0 radical (unpaired) electrons. The van der Waals surface area contributed by atoms with E-state index in [2.05, 4.69) is 0 Å². The Hall–Kier alpha value is -1.90. The molecule has 0 aliphatic heterocycles. The Labute approximate surface area is 94.3 Å². The molecule has 0 saturated carbocycles. The van der Waals surface area contributed by atoms with Crippen LogP contribution in [0.15, 0.2) is 48.5 Å². The second-order valence-electron chi connectivity index (χ2n) is 3.70. The first kappa shape index (κ1) is 10.6. The Morgan fingerprint density at radius 2 is 1.31 bits per heavy atom. The molecule has 0 heterocycles. The van der Waals surface area contributed by atoms with Crippen molar-refractivity contribution in [1.29, 1.82) is 0 Å². The maximum atomic E-state index is 12.7. The van der Waals surface area contributed by atoms with Gasteiger partial charge in [0.2, 0.25) is 0 Å². The highest BCUT2D eigenvalue weighted by Gasteiger charge is 2.08. The van der Waals surface area contributed by atoms with Crippen LogP contribution >= 0.6 is 0 Å².